The van der Waals surface area contributed by atoms with E-state index in [1.54, 1.807) is 30.6 Å². The van der Waals surface area contributed by atoms with E-state index in [0.717, 1.165) is 170 Å². The van der Waals surface area contributed by atoms with Crippen LogP contribution in [0.1, 0.15) is 110 Å². The number of aryl methyl sites for hydroxylation is 4. The van der Waals surface area contributed by atoms with Crippen molar-refractivity contribution in [1.29, 1.82) is 0 Å². The molecule has 0 bridgehead atoms. The van der Waals surface area contributed by atoms with Crippen molar-refractivity contribution >= 4 is 72.2 Å². The number of carbonyl (C=O) groups excluding carboxylic acids is 7. The molecular weight excluding hydrogens is 1970 g/mol. The molecule has 3 saturated heterocycles. The maximum Gasteiger partial charge on any atom is 0.416 e. The molecule has 0 amide bonds. The number of methoxy groups -OCH3 is 1. The highest BCUT2D eigenvalue weighted by atomic mass is 32.2. The predicted octanol–water partition coefficient (Wildman–Crippen LogP) is 22.9. The first-order valence-corrected chi connectivity index (χ1v) is 46.5. The molecule has 3 N–H and O–H groups in total. The first-order chi connectivity index (χ1) is 66.8. The van der Waals surface area contributed by atoms with Gasteiger partial charge in [-0.25, -0.2) is 0 Å². The summed E-state index contributed by atoms with van der Waals surface area (Å²) in [6.07, 6.45) is -17.3. The Balaban J connectivity index is 0.000000563. The molecule has 3 aliphatic heterocycles. The summed E-state index contributed by atoms with van der Waals surface area (Å²) in [5, 5.41) is 26.8. The van der Waals surface area contributed by atoms with E-state index in [1.807, 2.05) is 115 Å². The number of phenolic OH excluding ortho intramolecular Hbond substituents is 1. The SMILES string of the molecule is C1CCOC1.CC(=O)COc1ccc(S)cc1C.CCCOc1ccc(SC[C@@H](COc2ccc(C(F)(F)F)cc2)OCC)cc1C.CCCOc1ccc(SC[C@H](O)COc2ccc(C(F)(F)F)cc2)cc1C.CCO[C@H](COc1ccc(C(F)(F)F)cc1)CSc1ccc(OC)c(C)c1.FC(F)(F)c1ccc(OCC2CO2)cc1.O=C=O.O=C=O.O=C=O.OCC1CO1.Oc1ccc(C(F)(F)F)cc1. The van der Waals surface area contributed by atoms with Gasteiger partial charge < -0.3 is 76.9 Å². The fraction of sp³-hybridized carbons (Fsp3) is 0.414. The zero-order valence-corrected chi connectivity index (χ0v) is 81.9. The molecule has 0 saturated carbocycles. The molecule has 0 spiro atoms. The third-order valence-electron chi connectivity index (χ3n) is 17.8. The summed E-state index contributed by atoms with van der Waals surface area (Å²) in [7, 11) is 1.64. The van der Waals surface area contributed by atoms with E-state index in [-0.39, 0.29) is 87.4 Å². The Morgan fingerprint density at radius 2 is 0.730 bits per heavy atom. The van der Waals surface area contributed by atoms with E-state index in [2.05, 4.69) is 30.4 Å². The van der Waals surface area contributed by atoms with Crippen LogP contribution in [0, 0.1) is 27.7 Å². The van der Waals surface area contributed by atoms with E-state index >= 15 is 0 Å². The average Bonchev–Trinajstić information content (AvgIpc) is 1.80. The number of aliphatic hydroxyl groups is 2. The Bertz CT molecular complexity index is 5020. The molecule has 0 radical (unpaired) electrons. The molecule has 5 atom stereocenters. The van der Waals surface area contributed by atoms with Crippen LogP contribution in [0.3, 0.4) is 0 Å². The molecule has 3 aliphatic rings. The van der Waals surface area contributed by atoms with Gasteiger partial charge in [-0.15, -0.1) is 47.9 Å². The highest BCUT2D eigenvalue weighted by Gasteiger charge is 2.34. The van der Waals surface area contributed by atoms with Crippen LogP contribution in [0.4, 0.5) is 65.9 Å². The molecule has 141 heavy (non-hydrogen) atoms. The smallest absolute Gasteiger partial charge is 0.416 e. The van der Waals surface area contributed by atoms with Crippen molar-refractivity contribution in [2.24, 2.45) is 0 Å². The number of halogens is 15. The van der Waals surface area contributed by atoms with Gasteiger partial charge in [-0.05, 0) is 291 Å². The predicted molar refractivity (Wildman–Crippen MR) is 498 cm³/mol. The van der Waals surface area contributed by atoms with Gasteiger partial charge in [0.2, 0.25) is 0 Å². The maximum atomic E-state index is 12.6. The molecule has 23 nitrogen and oxygen atoms in total. The van der Waals surface area contributed by atoms with Crippen molar-refractivity contribution in [1.82, 2.24) is 0 Å². The second-order valence-corrected chi connectivity index (χ2v) is 33.2. The molecule has 9 aromatic carbocycles. The van der Waals surface area contributed by atoms with Gasteiger partial charge in [0.15, 0.2) is 5.78 Å². The highest BCUT2D eigenvalue weighted by molar-refractivity contribution is 7.99. The fourth-order valence-electron chi connectivity index (χ4n) is 10.7. The van der Waals surface area contributed by atoms with Crippen LogP contribution in [0.15, 0.2) is 214 Å². The third kappa shape index (κ3) is 57.7. The second kappa shape index (κ2) is 69.1. The molecule has 0 aliphatic carbocycles. The number of hydrogen-bond acceptors (Lipinski definition) is 27. The monoisotopic (exact) mass is 2080 g/mol. The van der Waals surface area contributed by atoms with Crippen molar-refractivity contribution in [3.8, 4) is 51.7 Å². The van der Waals surface area contributed by atoms with Gasteiger partial charge in [-0.3, -0.25) is 4.79 Å². The van der Waals surface area contributed by atoms with Crippen molar-refractivity contribution in [3.63, 3.8) is 0 Å². The van der Waals surface area contributed by atoms with Crippen molar-refractivity contribution < 1.29 is 176 Å². The number of ether oxygens (including phenoxy) is 13. The zero-order valence-electron chi connectivity index (χ0n) is 78.6. The Morgan fingerprint density at radius 3 is 1.01 bits per heavy atom. The average molecular weight is 2080 g/mol. The summed E-state index contributed by atoms with van der Waals surface area (Å²) in [6, 6.07) is 45.5. The van der Waals surface area contributed by atoms with Gasteiger partial charge >= 0.3 is 49.3 Å². The number of alkyl halides is 15. The molecular formula is C99H113F15O23S4. The van der Waals surface area contributed by atoms with E-state index < -0.39 is 64.8 Å². The first-order valence-electron chi connectivity index (χ1n) is 43.1. The minimum Gasteiger partial charge on any atom is -0.508 e. The molecule has 42 heteroatoms. The lowest BCUT2D eigenvalue weighted by Crippen LogP contribution is -2.24. The molecule has 3 fully saturated rings. The summed E-state index contributed by atoms with van der Waals surface area (Å²) in [5.74, 6) is 6.43. The van der Waals surface area contributed by atoms with Gasteiger partial charge in [0.1, 0.15) is 109 Å². The van der Waals surface area contributed by atoms with Crippen molar-refractivity contribution in [3.05, 3.63) is 244 Å². The minimum absolute atomic E-state index is 0.00897. The Morgan fingerprint density at radius 1 is 0.426 bits per heavy atom. The molecule has 2 unspecified atom stereocenters. The first kappa shape index (κ1) is 126. The van der Waals surface area contributed by atoms with E-state index in [1.165, 1.54) is 80.1 Å². The minimum atomic E-state index is -4.37. The van der Waals surface area contributed by atoms with Crippen LogP contribution in [0.2, 0.25) is 0 Å². The quantitative estimate of drug-likeness (QED) is 0.0123. The van der Waals surface area contributed by atoms with Crippen molar-refractivity contribution in [2.45, 2.75) is 169 Å². The number of thioether (sulfide) groups is 3. The van der Waals surface area contributed by atoms with Crippen LogP contribution in [-0.2, 0) is 88.1 Å². The topological polar surface area (TPSA) is 307 Å². The number of carbonyl (C=O) groups is 1. The van der Waals surface area contributed by atoms with Gasteiger partial charge in [-0.2, -0.15) is 94.6 Å². The lowest BCUT2D eigenvalue weighted by atomic mass is 10.2. The maximum absolute atomic E-state index is 12.6. The number of aliphatic hydroxyl groups excluding tert-OH is 2. The Labute approximate surface area is 825 Å². The largest absolute Gasteiger partial charge is 0.508 e. The molecule has 9 aromatic rings. The molecule has 776 valence electrons. The number of hydrogen-bond donors (Lipinski definition) is 4. The highest BCUT2D eigenvalue weighted by Crippen LogP contribution is 2.37. The summed E-state index contributed by atoms with van der Waals surface area (Å²) >= 11 is 8.95. The van der Waals surface area contributed by atoms with E-state index in [4.69, 9.17) is 95.8 Å². The molecule has 3 heterocycles. The number of thiol groups is 1. The van der Waals surface area contributed by atoms with Crippen LogP contribution in [0.5, 0.6) is 51.7 Å². The van der Waals surface area contributed by atoms with Gasteiger partial charge in [0.25, 0.3) is 0 Å². The van der Waals surface area contributed by atoms with Crippen LogP contribution < -0.4 is 37.9 Å². The fourth-order valence-corrected chi connectivity index (χ4v) is 13.8. The standard InChI is InChI=1S/C22H27F3O3S.2C20H23F3O3S.C10H9F3O2.C10H12O2S.C7H5F3O.C4H8O.C3H6O2.3CO2/c1-4-12-27-21-11-10-20(13-16(21)3)29-15-19(26-5-2)14-28-18-8-6-17(7-9-18)22(23,24)25;1-4-25-17(13-27-18-9-10-19(24-3)14(2)11-18)12-26-16-7-5-15(6-8-16)20(21,22)23;1-3-10-25-19-9-8-18(11-14(19)2)27-13-16(24)12-26-17-6-4-15(5-7-17)20(21,22)23;11-10(12,13)7-1-3-8(4-2-7)14-5-9-6-15-9;1-7-5-9(13)3-4-10(7)12-6-8(2)11;8-7(9,10)5-1-3-6(11)4-2-5;1-2-4-5-3-1;4-1-3-2-5-3;3*2-1-3/h6-11,13,19H,4-5,12,14-15H2,1-3H3;5-11,17H,4,12-13H2,1-3H3;4-9,11,16,24H,3,10,12-13H2,1-2H3;1-4,9H,5-6H2;3-5,13H,6H2,1-2H3;1-4,11H;1-4H2;3-4H,1-2H2;;;/t19-;17-;16-;;;;;;;;/m111......../s1. The number of ketones is 1. The third-order valence-corrected chi connectivity index (χ3v) is 21.5. The molecule has 0 aromatic heterocycles. The normalized spacial score (nSPS) is 13.6. The summed E-state index contributed by atoms with van der Waals surface area (Å²) < 4.78 is 255. The Kier molecular flexibility index (Phi) is 61.8. The van der Waals surface area contributed by atoms with Gasteiger partial charge in [0, 0.05) is 63.3 Å². The summed E-state index contributed by atoms with van der Waals surface area (Å²) in [5.41, 5.74) is 0.622. The van der Waals surface area contributed by atoms with Crippen LogP contribution in [-0.4, -0.2) is 187 Å². The summed E-state index contributed by atoms with van der Waals surface area (Å²) in [6.45, 7) is 24.4. The number of aromatic hydroxyl groups is 1. The zero-order chi connectivity index (χ0) is 106. The van der Waals surface area contributed by atoms with Crippen LogP contribution >= 0.6 is 47.9 Å². The number of rotatable bonds is 36. The van der Waals surface area contributed by atoms with E-state index in [0.29, 0.717) is 79.9 Å². The number of phenols is 1. The molecule has 12 rings (SSSR count). The van der Waals surface area contributed by atoms with Crippen LogP contribution in [0.25, 0.3) is 0 Å². The van der Waals surface area contributed by atoms with Gasteiger partial charge in [-0.1, -0.05) is 13.8 Å². The lowest BCUT2D eigenvalue weighted by Gasteiger charge is -2.18. The van der Waals surface area contributed by atoms with E-state index in [9.17, 15) is 75.8 Å². The van der Waals surface area contributed by atoms with Crippen molar-refractivity contribution in [2.75, 3.05) is 117 Å². The number of epoxide rings is 2. The Hall–Kier alpha value is -10.9. The lowest BCUT2D eigenvalue weighted by molar-refractivity contribution is -0.193. The number of Topliss-reactive ketones (excluding diaryl/α,β-unsaturated/α-hetero) is 1. The number of benzene rings is 9. The van der Waals surface area contributed by atoms with Gasteiger partial charge in [0.05, 0.1) is 74.1 Å². The second-order valence-electron chi connectivity index (χ2n) is 29.4. The summed E-state index contributed by atoms with van der Waals surface area (Å²) in [4.78, 5) is 63.5.